The van der Waals surface area contributed by atoms with Crippen LogP contribution in [-0.2, 0) is 23.8 Å². The number of allylic oxidation sites excluding steroid dienone is 5. The fourth-order valence-corrected chi connectivity index (χ4v) is 9.09. The number of nitrogens with one attached hydrogen (secondary N) is 1. The molecule has 1 rings (SSSR count). The first kappa shape index (κ1) is 65.9. The van der Waals surface area contributed by atoms with E-state index in [0.29, 0.717) is 19.3 Å². The van der Waals surface area contributed by atoms with Gasteiger partial charge in [0.25, 0.3) is 0 Å². The molecule has 11 heteroatoms. The summed E-state index contributed by atoms with van der Waals surface area (Å²) in [5.41, 5.74) is 0. The molecule has 1 aliphatic heterocycles. The molecule has 0 radical (unpaired) electrons. The number of carbonyl (C=O) groups is 2. The highest BCUT2D eigenvalue weighted by atomic mass is 16.7. The van der Waals surface area contributed by atoms with Gasteiger partial charge in [0.1, 0.15) is 24.4 Å². The van der Waals surface area contributed by atoms with Crippen LogP contribution in [0.1, 0.15) is 265 Å². The average molecular weight is 993 g/mol. The van der Waals surface area contributed by atoms with Crippen LogP contribution in [0.5, 0.6) is 0 Å². The maximum absolute atomic E-state index is 13.4. The Morgan fingerprint density at radius 2 is 0.986 bits per heavy atom. The second kappa shape index (κ2) is 47.9. The van der Waals surface area contributed by atoms with Gasteiger partial charge in [-0.25, -0.2) is 0 Å². The number of unbranched alkanes of at least 4 members (excludes halogenated alkanes) is 31. The number of hydrogen-bond acceptors (Lipinski definition) is 10. The molecule has 1 saturated heterocycles. The van der Waals surface area contributed by atoms with Gasteiger partial charge in [-0.3, -0.25) is 9.59 Å². The second-order valence-corrected chi connectivity index (χ2v) is 20.4. The maximum atomic E-state index is 13.4. The van der Waals surface area contributed by atoms with Crippen LogP contribution in [0, 0.1) is 0 Å². The molecule has 1 amide bonds. The number of amides is 1. The molecule has 1 heterocycles. The molecule has 1 fully saturated rings. The van der Waals surface area contributed by atoms with Gasteiger partial charge in [0.15, 0.2) is 12.4 Å². The van der Waals surface area contributed by atoms with E-state index in [0.717, 1.165) is 77.0 Å². The topological polar surface area (TPSA) is 175 Å². The third kappa shape index (κ3) is 35.9. The number of carbonyl (C=O) groups excluding carboxylic acids is 2. The summed E-state index contributed by atoms with van der Waals surface area (Å²) in [6, 6.07) is -1.02. The minimum atomic E-state index is -1.61. The van der Waals surface area contributed by atoms with Crippen molar-refractivity contribution in [2.45, 2.75) is 314 Å². The smallest absolute Gasteiger partial charge is 0.306 e. The van der Waals surface area contributed by atoms with Crippen molar-refractivity contribution in [3.63, 3.8) is 0 Å². The third-order valence-electron chi connectivity index (χ3n) is 13.8. The van der Waals surface area contributed by atoms with Gasteiger partial charge in [-0.2, -0.15) is 0 Å². The molecule has 0 aromatic rings. The van der Waals surface area contributed by atoms with Crippen molar-refractivity contribution in [3.8, 4) is 0 Å². The number of ether oxygens (including phenoxy) is 3. The molecule has 0 aromatic heterocycles. The molecule has 6 N–H and O–H groups in total. The van der Waals surface area contributed by atoms with Crippen molar-refractivity contribution in [1.82, 2.24) is 5.32 Å². The van der Waals surface area contributed by atoms with Crippen molar-refractivity contribution in [2.24, 2.45) is 0 Å². The minimum absolute atomic E-state index is 0.117. The predicted octanol–water partition coefficient (Wildman–Crippen LogP) is 13.1. The lowest BCUT2D eigenvalue weighted by atomic mass is 9.99. The van der Waals surface area contributed by atoms with Crippen LogP contribution in [-0.4, -0.2) is 99.6 Å². The Bertz CT molecular complexity index is 1280. The maximum Gasteiger partial charge on any atom is 0.306 e. The summed E-state index contributed by atoms with van der Waals surface area (Å²) < 4.78 is 17.6. The summed E-state index contributed by atoms with van der Waals surface area (Å²) in [4.78, 5) is 26.4. The molecular weight excluding hydrogens is 883 g/mol. The van der Waals surface area contributed by atoms with Crippen LogP contribution in [0.15, 0.2) is 36.5 Å². The highest BCUT2D eigenvalue weighted by Crippen LogP contribution is 2.26. The van der Waals surface area contributed by atoms with E-state index >= 15 is 0 Å². The molecule has 0 aromatic carbocycles. The van der Waals surface area contributed by atoms with Crippen LogP contribution in [0.2, 0.25) is 0 Å². The first-order valence-corrected chi connectivity index (χ1v) is 29.3. The molecule has 410 valence electrons. The van der Waals surface area contributed by atoms with Crippen LogP contribution in [0.4, 0.5) is 0 Å². The first-order valence-electron chi connectivity index (χ1n) is 29.3. The van der Waals surface area contributed by atoms with E-state index in [1.54, 1.807) is 6.08 Å². The van der Waals surface area contributed by atoms with E-state index < -0.39 is 67.4 Å². The SMILES string of the molecule is CCCCC/C=C\C/C=C\CCCCCCCCCC(=O)OC1C(OCC(NC(=O)C(O)CCCCCCCCCCCCCCC)C(O)/C=C/CCCCCCCCCCC)OC(CO)C(O)C1O. The number of rotatable bonds is 49. The van der Waals surface area contributed by atoms with E-state index in [1.165, 1.54) is 141 Å². The molecule has 8 unspecified atom stereocenters. The Morgan fingerprint density at radius 1 is 0.557 bits per heavy atom. The lowest BCUT2D eigenvalue weighted by Crippen LogP contribution is -2.61. The largest absolute Gasteiger partial charge is 0.454 e. The zero-order valence-electron chi connectivity index (χ0n) is 45.1. The van der Waals surface area contributed by atoms with Crippen molar-refractivity contribution in [1.29, 1.82) is 0 Å². The lowest BCUT2D eigenvalue weighted by Gasteiger charge is -2.41. The van der Waals surface area contributed by atoms with Gasteiger partial charge >= 0.3 is 5.97 Å². The fraction of sp³-hybridized carbons (Fsp3) is 0.864. The quantitative estimate of drug-likeness (QED) is 0.0195. The molecule has 0 saturated carbocycles. The number of aliphatic hydroxyl groups excluding tert-OH is 5. The highest BCUT2D eigenvalue weighted by molar-refractivity contribution is 5.80. The van der Waals surface area contributed by atoms with Gasteiger partial charge in [-0.1, -0.05) is 237 Å². The Hall–Kier alpha value is -2.12. The summed E-state index contributed by atoms with van der Waals surface area (Å²) in [5.74, 6) is -1.20. The van der Waals surface area contributed by atoms with E-state index in [1.807, 2.05) is 6.08 Å². The van der Waals surface area contributed by atoms with Crippen molar-refractivity contribution >= 4 is 11.9 Å². The number of esters is 1. The van der Waals surface area contributed by atoms with Crippen LogP contribution >= 0.6 is 0 Å². The van der Waals surface area contributed by atoms with Crippen molar-refractivity contribution in [3.05, 3.63) is 36.5 Å². The average Bonchev–Trinajstić information content (AvgIpc) is 3.36. The summed E-state index contributed by atoms with van der Waals surface area (Å²) in [7, 11) is 0. The minimum Gasteiger partial charge on any atom is -0.454 e. The Balaban J connectivity index is 2.70. The van der Waals surface area contributed by atoms with Gasteiger partial charge < -0.3 is 45.1 Å². The Morgan fingerprint density at radius 3 is 1.49 bits per heavy atom. The summed E-state index contributed by atoms with van der Waals surface area (Å²) in [5, 5.41) is 56.8. The highest BCUT2D eigenvalue weighted by Gasteiger charge is 2.47. The Labute approximate surface area is 428 Å². The number of hydrogen-bond donors (Lipinski definition) is 6. The monoisotopic (exact) mass is 992 g/mol. The molecule has 0 bridgehead atoms. The standard InChI is InChI=1S/C59H109NO10/c1-4-7-10-13-16-19-22-24-25-26-27-29-32-35-38-41-44-47-54(64)70-57-56(66)55(65)53(48-61)69-59(57)68-49-50(51(62)45-42-39-36-33-30-21-18-15-12-9-6-3)60-58(67)52(63)46-43-40-37-34-31-28-23-20-17-14-11-8-5-2/h16,19,24-25,42,45,50-53,55-57,59,61-63,65-66H,4-15,17-18,20-23,26-41,43-44,46-49H2,1-3H3,(H,60,67)/b19-16-,25-24-,45-42+. The van der Waals surface area contributed by atoms with Crippen molar-refractivity contribution in [2.75, 3.05) is 13.2 Å². The molecular formula is C59H109NO10. The normalized spacial score (nSPS) is 19.9. The molecule has 0 aliphatic carbocycles. The predicted molar refractivity (Wildman–Crippen MR) is 287 cm³/mol. The van der Waals surface area contributed by atoms with Gasteiger partial charge in [0.2, 0.25) is 5.91 Å². The van der Waals surface area contributed by atoms with Gasteiger partial charge in [-0.05, 0) is 57.8 Å². The third-order valence-corrected chi connectivity index (χ3v) is 13.8. The molecule has 1 aliphatic rings. The first-order chi connectivity index (χ1) is 34.2. The van der Waals surface area contributed by atoms with E-state index in [2.05, 4.69) is 50.4 Å². The number of aliphatic hydroxyl groups is 5. The zero-order valence-corrected chi connectivity index (χ0v) is 45.1. The zero-order chi connectivity index (χ0) is 51.1. The molecule has 8 atom stereocenters. The van der Waals surface area contributed by atoms with Crippen molar-refractivity contribution < 1.29 is 49.3 Å². The molecule has 11 nitrogen and oxygen atoms in total. The Kier molecular flexibility index (Phi) is 45.1. The molecule has 0 spiro atoms. The van der Waals surface area contributed by atoms with E-state index in [9.17, 15) is 35.1 Å². The van der Waals surface area contributed by atoms with Gasteiger partial charge in [0, 0.05) is 6.42 Å². The lowest BCUT2D eigenvalue weighted by molar-refractivity contribution is -0.305. The molecule has 70 heavy (non-hydrogen) atoms. The van der Waals surface area contributed by atoms with E-state index in [-0.39, 0.29) is 13.0 Å². The fourth-order valence-electron chi connectivity index (χ4n) is 9.09. The van der Waals surface area contributed by atoms with Crippen LogP contribution in [0.3, 0.4) is 0 Å². The summed E-state index contributed by atoms with van der Waals surface area (Å²) in [6.07, 6.45) is 44.7. The van der Waals surface area contributed by atoms with E-state index in [4.69, 9.17) is 14.2 Å². The van der Waals surface area contributed by atoms with Crippen LogP contribution in [0.25, 0.3) is 0 Å². The van der Waals surface area contributed by atoms with Gasteiger partial charge in [0.05, 0.1) is 25.4 Å². The second-order valence-electron chi connectivity index (χ2n) is 20.4. The van der Waals surface area contributed by atoms with Gasteiger partial charge in [-0.15, -0.1) is 0 Å². The van der Waals surface area contributed by atoms with Crippen LogP contribution < -0.4 is 5.32 Å². The summed E-state index contributed by atoms with van der Waals surface area (Å²) >= 11 is 0. The summed E-state index contributed by atoms with van der Waals surface area (Å²) in [6.45, 7) is 5.75.